The molecule has 1 aliphatic rings. The molecule has 0 aromatic heterocycles. The lowest BCUT2D eigenvalue weighted by Crippen LogP contribution is -2.17. The number of fused-ring (bicyclic) bond motifs is 1. The molecule has 0 aliphatic carbocycles. The van der Waals surface area contributed by atoms with Gasteiger partial charge < -0.3 is 9.84 Å². The van der Waals surface area contributed by atoms with Crippen LogP contribution < -0.4 is 4.74 Å². The van der Waals surface area contributed by atoms with Crippen LogP contribution in [-0.4, -0.2) is 23.3 Å². The normalized spacial score (nSPS) is 15.2. The van der Waals surface area contributed by atoms with Crippen molar-refractivity contribution in [1.82, 2.24) is 0 Å². The van der Waals surface area contributed by atoms with E-state index in [0.717, 1.165) is 0 Å². The molecule has 1 N–H and O–H groups in total. The quantitative estimate of drug-likeness (QED) is 0.725. The number of para-hydroxylation sites is 1. The number of carbonyl (C=O) groups is 2. The lowest BCUT2D eigenvalue weighted by atomic mass is 10.0. The van der Waals surface area contributed by atoms with Crippen LogP contribution in [-0.2, 0) is 9.59 Å². The van der Waals surface area contributed by atoms with E-state index in [-0.39, 0.29) is 17.9 Å². The number of hydrogen-bond acceptors (Lipinski definition) is 4. The van der Waals surface area contributed by atoms with Crippen LogP contribution in [0.3, 0.4) is 0 Å². The molecule has 0 unspecified atom stereocenters. The van der Waals surface area contributed by atoms with Gasteiger partial charge in [0.2, 0.25) is 5.78 Å². The molecule has 82 valence electrons. The molecule has 2 rings (SSSR count). The van der Waals surface area contributed by atoms with Gasteiger partial charge in [-0.2, -0.15) is 0 Å². The maximum absolute atomic E-state index is 11.6. The second-order valence-corrected chi connectivity index (χ2v) is 3.49. The van der Waals surface area contributed by atoms with Gasteiger partial charge in [-0.05, 0) is 19.1 Å². The fraction of sp³-hybridized carbons (Fsp3) is 0.167. The molecule has 1 aromatic carbocycles. The summed E-state index contributed by atoms with van der Waals surface area (Å²) in [7, 11) is 0. The summed E-state index contributed by atoms with van der Waals surface area (Å²) >= 11 is 0. The highest BCUT2D eigenvalue weighted by atomic mass is 16.5. The highest BCUT2D eigenvalue weighted by molar-refractivity contribution is 6.24. The lowest BCUT2D eigenvalue weighted by Gasteiger charge is -2.05. The number of ether oxygens (including phenoxy) is 1. The van der Waals surface area contributed by atoms with Crippen LogP contribution >= 0.6 is 0 Å². The van der Waals surface area contributed by atoms with Crippen molar-refractivity contribution in [2.45, 2.75) is 6.92 Å². The largest absolute Gasteiger partial charge is 0.506 e. The van der Waals surface area contributed by atoms with Crippen molar-refractivity contribution in [2.75, 3.05) is 6.61 Å². The summed E-state index contributed by atoms with van der Waals surface area (Å²) in [4.78, 5) is 22.9. The minimum atomic E-state index is -0.499. The summed E-state index contributed by atoms with van der Waals surface area (Å²) in [6, 6.07) is 6.68. The van der Waals surface area contributed by atoms with E-state index >= 15 is 0 Å². The Morgan fingerprint density at radius 3 is 2.75 bits per heavy atom. The van der Waals surface area contributed by atoms with E-state index in [0.29, 0.717) is 11.3 Å². The third kappa shape index (κ3) is 1.58. The zero-order valence-corrected chi connectivity index (χ0v) is 8.69. The first-order valence-electron chi connectivity index (χ1n) is 4.81. The van der Waals surface area contributed by atoms with Gasteiger partial charge in [-0.15, -0.1) is 0 Å². The molecular weight excluding hydrogens is 208 g/mol. The third-order valence-electron chi connectivity index (χ3n) is 2.37. The van der Waals surface area contributed by atoms with Crippen LogP contribution in [0.1, 0.15) is 12.5 Å². The van der Waals surface area contributed by atoms with Gasteiger partial charge in [0, 0.05) is 0 Å². The Kier molecular flexibility index (Phi) is 2.48. The Morgan fingerprint density at radius 2 is 2.06 bits per heavy atom. The second kappa shape index (κ2) is 3.81. The first-order chi connectivity index (χ1) is 7.61. The van der Waals surface area contributed by atoms with Crippen LogP contribution in [0.4, 0.5) is 0 Å². The maximum Gasteiger partial charge on any atom is 0.207 e. The molecule has 0 bridgehead atoms. The topological polar surface area (TPSA) is 63.6 Å². The Morgan fingerprint density at radius 1 is 1.38 bits per heavy atom. The molecular formula is C12H10O4. The van der Waals surface area contributed by atoms with Crippen molar-refractivity contribution in [3.05, 3.63) is 35.4 Å². The van der Waals surface area contributed by atoms with Gasteiger partial charge in [0.05, 0.1) is 5.56 Å². The number of aliphatic hydroxyl groups excluding tert-OH is 1. The summed E-state index contributed by atoms with van der Waals surface area (Å²) in [6.07, 6.45) is 0. The SMILES string of the molecule is CC(=O)C1=C(O)c2ccccc2OCC1=O. The smallest absolute Gasteiger partial charge is 0.207 e. The van der Waals surface area contributed by atoms with Crippen molar-refractivity contribution in [2.24, 2.45) is 0 Å². The zero-order valence-electron chi connectivity index (χ0n) is 8.69. The van der Waals surface area contributed by atoms with E-state index < -0.39 is 11.6 Å². The molecule has 0 radical (unpaired) electrons. The molecule has 0 amide bonds. The Labute approximate surface area is 92.2 Å². The maximum atomic E-state index is 11.6. The van der Waals surface area contributed by atoms with Gasteiger partial charge in [-0.1, -0.05) is 12.1 Å². The molecule has 16 heavy (non-hydrogen) atoms. The number of rotatable bonds is 1. The minimum absolute atomic E-state index is 0.190. The van der Waals surface area contributed by atoms with Gasteiger partial charge in [-0.3, -0.25) is 9.59 Å². The molecule has 1 aromatic rings. The van der Waals surface area contributed by atoms with Crippen molar-refractivity contribution < 1.29 is 19.4 Å². The number of Topliss-reactive ketones (excluding diaryl/α,β-unsaturated/α-hetero) is 2. The predicted octanol–water partition coefficient (Wildman–Crippen LogP) is 1.51. The molecule has 1 aliphatic heterocycles. The lowest BCUT2D eigenvalue weighted by molar-refractivity contribution is -0.121. The van der Waals surface area contributed by atoms with Gasteiger partial charge in [-0.25, -0.2) is 0 Å². The number of benzene rings is 1. The Balaban J connectivity index is 2.67. The molecule has 1 heterocycles. The van der Waals surface area contributed by atoms with E-state index in [1.807, 2.05) is 0 Å². The molecule has 4 nitrogen and oxygen atoms in total. The van der Waals surface area contributed by atoms with Crippen molar-refractivity contribution in [3.8, 4) is 5.75 Å². The van der Waals surface area contributed by atoms with E-state index in [2.05, 4.69) is 0 Å². The Hall–Kier alpha value is -2.10. The number of carbonyl (C=O) groups excluding carboxylic acids is 2. The standard InChI is InChI=1S/C12H10O4/c1-7(13)11-9(14)6-16-10-5-3-2-4-8(10)12(11)15/h2-5,15H,6H2,1H3. The summed E-state index contributed by atoms with van der Waals surface area (Å²) in [5.74, 6) is -0.848. The molecule has 0 saturated carbocycles. The van der Waals surface area contributed by atoms with Crippen LogP contribution in [0.2, 0.25) is 0 Å². The molecule has 4 heteroatoms. The molecule has 0 atom stereocenters. The highest BCUT2D eigenvalue weighted by Crippen LogP contribution is 2.29. The summed E-state index contributed by atoms with van der Waals surface area (Å²) in [5, 5.41) is 9.90. The van der Waals surface area contributed by atoms with E-state index in [9.17, 15) is 14.7 Å². The van der Waals surface area contributed by atoms with Gasteiger partial charge in [0.1, 0.15) is 17.1 Å². The summed E-state index contributed by atoms with van der Waals surface area (Å²) in [6.45, 7) is 1.02. The van der Waals surface area contributed by atoms with Crippen molar-refractivity contribution in [3.63, 3.8) is 0 Å². The number of ketones is 2. The average Bonchev–Trinajstić information content (AvgIpc) is 2.37. The monoisotopic (exact) mass is 218 g/mol. The second-order valence-electron chi connectivity index (χ2n) is 3.49. The van der Waals surface area contributed by atoms with Crippen LogP contribution in [0.15, 0.2) is 29.8 Å². The zero-order chi connectivity index (χ0) is 11.7. The highest BCUT2D eigenvalue weighted by Gasteiger charge is 2.26. The molecule has 0 fully saturated rings. The van der Waals surface area contributed by atoms with E-state index in [1.165, 1.54) is 6.92 Å². The molecule has 0 saturated heterocycles. The summed E-state index contributed by atoms with van der Waals surface area (Å²) in [5.41, 5.74) is 0.184. The van der Waals surface area contributed by atoms with Crippen LogP contribution in [0.5, 0.6) is 5.75 Å². The van der Waals surface area contributed by atoms with Gasteiger partial charge in [0.25, 0.3) is 0 Å². The fourth-order valence-electron chi connectivity index (χ4n) is 1.63. The predicted molar refractivity (Wildman–Crippen MR) is 57.2 cm³/mol. The van der Waals surface area contributed by atoms with Crippen molar-refractivity contribution in [1.29, 1.82) is 0 Å². The van der Waals surface area contributed by atoms with Crippen LogP contribution in [0.25, 0.3) is 5.76 Å². The minimum Gasteiger partial charge on any atom is -0.506 e. The van der Waals surface area contributed by atoms with E-state index in [4.69, 9.17) is 4.74 Å². The van der Waals surface area contributed by atoms with Crippen LogP contribution in [0, 0.1) is 0 Å². The number of aliphatic hydroxyl groups is 1. The van der Waals surface area contributed by atoms with Gasteiger partial charge >= 0.3 is 0 Å². The first kappa shape index (κ1) is 10.4. The summed E-state index contributed by atoms with van der Waals surface area (Å²) < 4.78 is 5.21. The fourth-order valence-corrected chi connectivity index (χ4v) is 1.63. The third-order valence-corrected chi connectivity index (χ3v) is 2.37. The number of hydrogen-bond donors (Lipinski definition) is 1. The van der Waals surface area contributed by atoms with E-state index in [1.54, 1.807) is 24.3 Å². The Bertz CT molecular complexity index is 499. The van der Waals surface area contributed by atoms with Crippen molar-refractivity contribution >= 4 is 17.3 Å². The first-order valence-corrected chi connectivity index (χ1v) is 4.81. The molecule has 0 spiro atoms. The average molecular weight is 218 g/mol. The van der Waals surface area contributed by atoms with Gasteiger partial charge in [0.15, 0.2) is 12.4 Å².